The first-order valence-corrected chi connectivity index (χ1v) is 10.5. The lowest BCUT2D eigenvalue weighted by atomic mass is 9.84. The molecule has 0 saturated heterocycles. The number of aryl methyl sites for hydroxylation is 1. The summed E-state index contributed by atoms with van der Waals surface area (Å²) in [6.45, 7) is 15.2. The van der Waals surface area contributed by atoms with Gasteiger partial charge in [0.05, 0.1) is 0 Å². The van der Waals surface area contributed by atoms with Gasteiger partial charge in [0.2, 0.25) is 0 Å². The molecular formula is C25H34ClNO2. The topological polar surface area (TPSA) is 38.3 Å². The summed E-state index contributed by atoms with van der Waals surface area (Å²) in [4.78, 5) is 12.4. The van der Waals surface area contributed by atoms with Crippen molar-refractivity contribution in [2.24, 2.45) is 10.8 Å². The highest BCUT2D eigenvalue weighted by molar-refractivity contribution is 6.31. The molecule has 0 radical (unpaired) electrons. The van der Waals surface area contributed by atoms with E-state index >= 15 is 0 Å². The van der Waals surface area contributed by atoms with Crippen LogP contribution in [0, 0.1) is 17.8 Å². The number of nitrogens with one attached hydrogen (secondary N) is 1. The zero-order valence-electron chi connectivity index (χ0n) is 18.8. The van der Waals surface area contributed by atoms with Crippen LogP contribution in [0.15, 0.2) is 36.4 Å². The van der Waals surface area contributed by atoms with Crippen LogP contribution in [0.2, 0.25) is 5.02 Å². The molecule has 0 spiro atoms. The fraction of sp³-hybridized carbons (Fsp3) is 0.480. The standard InChI is InChI=1S/C25H34ClNO2/c1-17-8-10-20(13-21(17)26)27-23(28)16-29-22-11-9-18(14-24(2,3)4)12-19(22)15-25(5,6)7/h8-13H,14-16H2,1-7H3,(H,27,28). The van der Waals surface area contributed by atoms with Crippen LogP contribution >= 0.6 is 11.6 Å². The van der Waals surface area contributed by atoms with Gasteiger partial charge in [-0.1, -0.05) is 71.3 Å². The summed E-state index contributed by atoms with van der Waals surface area (Å²) in [5, 5.41) is 3.47. The molecule has 0 fully saturated rings. The molecular weight excluding hydrogens is 382 g/mol. The molecule has 4 heteroatoms. The van der Waals surface area contributed by atoms with Gasteiger partial charge in [-0.3, -0.25) is 4.79 Å². The number of benzene rings is 2. The Hall–Kier alpha value is -2.00. The van der Waals surface area contributed by atoms with Crippen LogP contribution in [-0.2, 0) is 17.6 Å². The van der Waals surface area contributed by atoms with Crippen molar-refractivity contribution in [1.29, 1.82) is 0 Å². The van der Waals surface area contributed by atoms with Gasteiger partial charge in [-0.2, -0.15) is 0 Å². The van der Waals surface area contributed by atoms with E-state index in [-0.39, 0.29) is 23.3 Å². The van der Waals surface area contributed by atoms with Crippen LogP contribution in [0.1, 0.15) is 58.2 Å². The number of rotatable bonds is 6. The molecule has 158 valence electrons. The molecule has 29 heavy (non-hydrogen) atoms. The molecule has 2 rings (SSSR count). The lowest BCUT2D eigenvalue weighted by molar-refractivity contribution is -0.118. The van der Waals surface area contributed by atoms with E-state index in [2.05, 4.69) is 59.0 Å². The van der Waals surface area contributed by atoms with E-state index in [0.717, 1.165) is 29.7 Å². The number of hydrogen-bond donors (Lipinski definition) is 1. The molecule has 2 aromatic rings. The summed E-state index contributed by atoms with van der Waals surface area (Å²) in [6.07, 6.45) is 1.88. The van der Waals surface area contributed by atoms with Crippen molar-refractivity contribution in [3.63, 3.8) is 0 Å². The Morgan fingerprint density at radius 3 is 2.21 bits per heavy atom. The minimum absolute atomic E-state index is 0.0404. The summed E-state index contributed by atoms with van der Waals surface area (Å²) in [7, 11) is 0. The van der Waals surface area contributed by atoms with E-state index in [1.165, 1.54) is 5.56 Å². The minimum Gasteiger partial charge on any atom is -0.483 e. The van der Waals surface area contributed by atoms with E-state index in [0.29, 0.717) is 10.7 Å². The maximum atomic E-state index is 12.4. The number of halogens is 1. The van der Waals surface area contributed by atoms with E-state index in [1.807, 2.05) is 25.1 Å². The van der Waals surface area contributed by atoms with Crippen molar-refractivity contribution >= 4 is 23.2 Å². The fourth-order valence-corrected chi connectivity index (χ4v) is 3.40. The number of carbonyl (C=O) groups excluding carboxylic acids is 1. The van der Waals surface area contributed by atoms with Crippen LogP contribution < -0.4 is 10.1 Å². The van der Waals surface area contributed by atoms with Gasteiger partial charge in [0.25, 0.3) is 5.91 Å². The van der Waals surface area contributed by atoms with Crippen molar-refractivity contribution in [2.45, 2.75) is 61.3 Å². The Bertz CT molecular complexity index is 860. The van der Waals surface area contributed by atoms with Gasteiger partial charge < -0.3 is 10.1 Å². The van der Waals surface area contributed by atoms with Gasteiger partial charge in [-0.15, -0.1) is 0 Å². The summed E-state index contributed by atoms with van der Waals surface area (Å²) < 4.78 is 5.91. The monoisotopic (exact) mass is 415 g/mol. The number of amides is 1. The molecule has 0 atom stereocenters. The first-order valence-electron chi connectivity index (χ1n) is 10.1. The third-order valence-corrected chi connectivity index (χ3v) is 4.80. The quantitative estimate of drug-likeness (QED) is 0.560. The van der Waals surface area contributed by atoms with Crippen molar-refractivity contribution in [1.82, 2.24) is 0 Å². The minimum atomic E-state index is -0.203. The van der Waals surface area contributed by atoms with E-state index in [1.54, 1.807) is 6.07 Å². The van der Waals surface area contributed by atoms with Gasteiger partial charge in [0.15, 0.2) is 6.61 Å². The molecule has 0 aromatic heterocycles. The molecule has 0 aliphatic rings. The van der Waals surface area contributed by atoms with Crippen LogP contribution in [0.25, 0.3) is 0 Å². The Balaban J connectivity index is 2.11. The summed E-state index contributed by atoms with van der Waals surface area (Å²) in [5.41, 5.74) is 4.43. The average Bonchev–Trinajstić information content (AvgIpc) is 2.54. The predicted octanol–water partition coefficient (Wildman–Crippen LogP) is 6.84. The molecule has 0 aliphatic heterocycles. The highest BCUT2D eigenvalue weighted by atomic mass is 35.5. The number of carbonyl (C=O) groups is 1. The van der Waals surface area contributed by atoms with Crippen LogP contribution in [-0.4, -0.2) is 12.5 Å². The van der Waals surface area contributed by atoms with Gasteiger partial charge >= 0.3 is 0 Å². The molecule has 0 saturated carbocycles. The second-order valence-electron chi connectivity index (χ2n) is 10.2. The van der Waals surface area contributed by atoms with Gasteiger partial charge in [-0.25, -0.2) is 0 Å². The van der Waals surface area contributed by atoms with Crippen molar-refractivity contribution in [3.8, 4) is 5.75 Å². The third-order valence-electron chi connectivity index (χ3n) is 4.39. The molecule has 0 bridgehead atoms. The van der Waals surface area contributed by atoms with Crippen LogP contribution in [0.5, 0.6) is 5.75 Å². The van der Waals surface area contributed by atoms with Crippen LogP contribution in [0.4, 0.5) is 5.69 Å². The maximum absolute atomic E-state index is 12.4. The smallest absolute Gasteiger partial charge is 0.262 e. The Morgan fingerprint density at radius 1 is 0.966 bits per heavy atom. The molecule has 0 aliphatic carbocycles. The van der Waals surface area contributed by atoms with Gasteiger partial charge in [0.1, 0.15) is 5.75 Å². The first-order chi connectivity index (χ1) is 13.3. The lowest BCUT2D eigenvalue weighted by Gasteiger charge is -2.23. The third kappa shape index (κ3) is 8.10. The summed E-state index contributed by atoms with van der Waals surface area (Å²) in [6, 6.07) is 11.8. The molecule has 0 heterocycles. The molecule has 0 unspecified atom stereocenters. The van der Waals surface area contributed by atoms with Crippen LogP contribution in [0.3, 0.4) is 0 Å². The normalized spacial score (nSPS) is 12.0. The summed E-state index contributed by atoms with van der Waals surface area (Å²) in [5.74, 6) is 0.570. The molecule has 2 aromatic carbocycles. The highest BCUT2D eigenvalue weighted by Gasteiger charge is 2.18. The van der Waals surface area contributed by atoms with Gasteiger partial charge in [0, 0.05) is 10.7 Å². The number of anilines is 1. The van der Waals surface area contributed by atoms with Crippen molar-refractivity contribution in [3.05, 3.63) is 58.1 Å². The fourth-order valence-electron chi connectivity index (χ4n) is 3.22. The maximum Gasteiger partial charge on any atom is 0.262 e. The Morgan fingerprint density at radius 2 is 1.62 bits per heavy atom. The average molecular weight is 416 g/mol. The molecule has 1 N–H and O–H groups in total. The van der Waals surface area contributed by atoms with E-state index < -0.39 is 0 Å². The predicted molar refractivity (Wildman–Crippen MR) is 123 cm³/mol. The number of ether oxygens (including phenoxy) is 1. The van der Waals surface area contributed by atoms with E-state index in [9.17, 15) is 4.79 Å². The molecule has 3 nitrogen and oxygen atoms in total. The number of hydrogen-bond acceptors (Lipinski definition) is 2. The SMILES string of the molecule is Cc1ccc(NC(=O)COc2ccc(CC(C)(C)C)cc2CC(C)(C)C)cc1Cl. The largest absolute Gasteiger partial charge is 0.483 e. The highest BCUT2D eigenvalue weighted by Crippen LogP contribution is 2.31. The Labute approximate surface area is 180 Å². The molecule has 1 amide bonds. The lowest BCUT2D eigenvalue weighted by Crippen LogP contribution is -2.21. The zero-order chi connectivity index (χ0) is 21.8. The summed E-state index contributed by atoms with van der Waals surface area (Å²) >= 11 is 6.13. The van der Waals surface area contributed by atoms with Gasteiger partial charge in [-0.05, 0) is 65.5 Å². The second-order valence-corrected chi connectivity index (χ2v) is 10.6. The first kappa shape index (κ1) is 23.3. The van der Waals surface area contributed by atoms with Crippen molar-refractivity contribution < 1.29 is 9.53 Å². The Kier molecular flexibility index (Phi) is 7.40. The zero-order valence-corrected chi connectivity index (χ0v) is 19.5. The second kappa shape index (κ2) is 9.21. The van der Waals surface area contributed by atoms with E-state index in [4.69, 9.17) is 16.3 Å². The van der Waals surface area contributed by atoms with Crippen molar-refractivity contribution in [2.75, 3.05) is 11.9 Å².